The van der Waals surface area contributed by atoms with Gasteiger partial charge in [-0.25, -0.2) is 0 Å². The molecule has 5 heavy (non-hydrogen) atoms. The number of hydrogen-bond donors (Lipinski definition) is 0. The molecule has 0 unspecified atom stereocenters. The third-order valence-electron chi connectivity index (χ3n) is 0. The van der Waals surface area contributed by atoms with Gasteiger partial charge in [0.05, 0.1) is 0 Å². The maximum Gasteiger partial charge on any atom is 0.108 e. The molecule has 0 rings (SSSR count). The van der Waals surface area contributed by atoms with Gasteiger partial charge in [0.2, 0.25) is 0 Å². The Balaban J connectivity index is 3.47. The average molecular weight is 85.9 g/mol. The SMILES string of the molecule is [B]P(=C)(C)C. The highest BCUT2D eigenvalue weighted by Crippen LogP contribution is 2.25. The van der Waals surface area contributed by atoms with Gasteiger partial charge >= 0.3 is 0 Å². The van der Waals surface area contributed by atoms with E-state index in [0.29, 0.717) is 0 Å². The Labute approximate surface area is 34.9 Å². The molecule has 2 radical (unpaired) electrons. The van der Waals surface area contributed by atoms with Gasteiger partial charge in [-0.2, -0.15) is 6.76 Å². The minimum absolute atomic E-state index is 1.14. The lowest BCUT2D eigenvalue weighted by molar-refractivity contribution is 2.28. The van der Waals surface area contributed by atoms with Gasteiger partial charge in [-0.1, -0.05) is 13.3 Å². The zero-order valence-corrected chi connectivity index (χ0v) is 4.63. The molecule has 0 amide bonds. The fourth-order valence-corrected chi connectivity index (χ4v) is 0. The van der Waals surface area contributed by atoms with Crippen LogP contribution in [0.1, 0.15) is 0 Å². The Morgan fingerprint density at radius 3 is 1.60 bits per heavy atom. The molecule has 0 aromatic heterocycles. The van der Waals surface area contributed by atoms with Crippen molar-refractivity contribution in [3.05, 3.63) is 0 Å². The predicted molar refractivity (Wildman–Crippen MR) is 31.6 cm³/mol. The molecule has 0 heterocycles. The van der Waals surface area contributed by atoms with Crippen LogP contribution in [0.4, 0.5) is 0 Å². The van der Waals surface area contributed by atoms with Crippen LogP contribution in [0.5, 0.6) is 0 Å². The molecule has 0 aromatic carbocycles. The molecule has 0 aliphatic rings. The first-order chi connectivity index (χ1) is 2.00. The molecular weight excluding hydrogens is 77.8 g/mol. The fourth-order valence-electron chi connectivity index (χ4n) is 0. The van der Waals surface area contributed by atoms with E-state index in [1.54, 1.807) is 0 Å². The summed E-state index contributed by atoms with van der Waals surface area (Å²) < 4.78 is 0. The van der Waals surface area contributed by atoms with E-state index in [4.69, 9.17) is 7.57 Å². The van der Waals surface area contributed by atoms with Crippen molar-refractivity contribution in [1.82, 2.24) is 0 Å². The molecule has 2 heteroatoms. The molecule has 28 valence electrons. The van der Waals surface area contributed by atoms with Gasteiger partial charge < -0.3 is 0 Å². The van der Waals surface area contributed by atoms with E-state index in [1.165, 1.54) is 0 Å². The Morgan fingerprint density at radius 1 is 1.60 bits per heavy atom. The van der Waals surface area contributed by atoms with Crippen molar-refractivity contribution in [2.45, 2.75) is 0 Å². The molecule has 0 fully saturated rings. The molecule has 0 aliphatic carbocycles. The third kappa shape index (κ3) is 183. The van der Waals surface area contributed by atoms with Gasteiger partial charge in [0, 0.05) is 0 Å². The van der Waals surface area contributed by atoms with Crippen molar-refractivity contribution in [1.29, 1.82) is 0 Å². The molecule has 0 aromatic rings. The summed E-state index contributed by atoms with van der Waals surface area (Å²) in [5, 5.41) is 0. The van der Waals surface area contributed by atoms with E-state index in [1.807, 2.05) is 13.3 Å². The van der Waals surface area contributed by atoms with Gasteiger partial charge in [0.1, 0.15) is 7.57 Å². The molecule has 0 N–H and O–H groups in total. The van der Waals surface area contributed by atoms with Crippen LogP contribution in [0, 0.1) is 0 Å². The van der Waals surface area contributed by atoms with Crippen molar-refractivity contribution in [3.8, 4) is 0 Å². The van der Waals surface area contributed by atoms with Gasteiger partial charge in [-0.3, -0.25) is 0 Å². The Hall–Kier alpha value is 0.365. The summed E-state index contributed by atoms with van der Waals surface area (Å²) in [6.07, 6.45) is 3.66. The van der Waals surface area contributed by atoms with Crippen molar-refractivity contribution < 1.29 is 0 Å². The van der Waals surface area contributed by atoms with Crippen LogP contribution in [-0.4, -0.2) is 27.2 Å². The van der Waals surface area contributed by atoms with Crippen LogP contribution in [-0.2, 0) is 0 Å². The van der Waals surface area contributed by atoms with Crippen molar-refractivity contribution in [2.75, 3.05) is 13.3 Å². The maximum atomic E-state index is 5.35. The minimum Gasteiger partial charge on any atom is -0.160 e. The van der Waals surface area contributed by atoms with Crippen molar-refractivity contribution >= 4 is 20.6 Å². The zero-order chi connectivity index (χ0) is 4.50. The molecule has 0 nitrogen and oxygen atoms in total. The lowest BCUT2D eigenvalue weighted by atomic mass is 10.8. The number of rotatable bonds is 0. The van der Waals surface area contributed by atoms with Crippen LogP contribution in [0.2, 0.25) is 0 Å². The standard InChI is InChI=1S/C3H8BP/c1-5(2,3)4/h1H2,2-3H3. The first kappa shape index (κ1) is 5.36. The van der Waals surface area contributed by atoms with Crippen LogP contribution >= 0.6 is 6.76 Å². The van der Waals surface area contributed by atoms with Gasteiger partial charge in [-0.15, -0.1) is 6.30 Å². The highest BCUT2D eigenvalue weighted by molar-refractivity contribution is 7.94. The molecule has 0 aliphatic heterocycles. The summed E-state index contributed by atoms with van der Waals surface area (Å²) in [5.41, 5.74) is 0. The topological polar surface area (TPSA) is 0 Å². The van der Waals surface area contributed by atoms with Crippen molar-refractivity contribution in [3.63, 3.8) is 0 Å². The van der Waals surface area contributed by atoms with E-state index in [-0.39, 0.29) is 0 Å². The lowest BCUT2D eigenvalue weighted by Crippen LogP contribution is -1.66. The monoisotopic (exact) mass is 86.0 g/mol. The van der Waals surface area contributed by atoms with Crippen LogP contribution in [0.3, 0.4) is 0 Å². The third-order valence-corrected chi connectivity index (χ3v) is 0. The van der Waals surface area contributed by atoms with Gasteiger partial charge in [-0.05, 0) is 0 Å². The number of hydrogen-bond acceptors (Lipinski definition) is 0. The van der Waals surface area contributed by atoms with E-state index < -0.39 is 6.76 Å². The highest BCUT2D eigenvalue weighted by atomic mass is 31.2. The molecular formula is C3H8BP. The second-order valence-corrected chi connectivity index (χ2v) is 5.34. The minimum atomic E-state index is -1.14. The van der Waals surface area contributed by atoms with Crippen LogP contribution < -0.4 is 0 Å². The Bertz CT molecular complexity index is 53.0. The van der Waals surface area contributed by atoms with E-state index in [9.17, 15) is 0 Å². The van der Waals surface area contributed by atoms with Crippen LogP contribution in [0.25, 0.3) is 0 Å². The quantitative estimate of drug-likeness (QED) is 0.301. The van der Waals surface area contributed by atoms with Gasteiger partial charge in [0.25, 0.3) is 0 Å². The predicted octanol–water partition coefficient (Wildman–Crippen LogP) is 0.779. The first-order valence-electron chi connectivity index (χ1n) is 1.47. The normalized spacial score (nSPS) is 11.6. The van der Waals surface area contributed by atoms with E-state index in [0.717, 1.165) is 0 Å². The maximum absolute atomic E-state index is 5.35. The average Bonchev–Trinajstić information content (AvgIpc) is 0.722. The Kier molecular flexibility index (Phi) is 1.31. The van der Waals surface area contributed by atoms with E-state index >= 15 is 0 Å². The summed E-state index contributed by atoms with van der Waals surface area (Å²) >= 11 is 0. The summed E-state index contributed by atoms with van der Waals surface area (Å²) in [4.78, 5) is 0. The second-order valence-electron chi connectivity index (χ2n) is 1.78. The fraction of sp³-hybridized carbons (Fsp3) is 0.667. The van der Waals surface area contributed by atoms with Gasteiger partial charge in [0.15, 0.2) is 0 Å². The molecule has 0 saturated heterocycles. The second kappa shape index (κ2) is 1.22. The first-order valence-corrected chi connectivity index (χ1v) is 4.41. The molecule has 0 spiro atoms. The summed E-state index contributed by atoms with van der Waals surface area (Å²) in [5.74, 6) is 0. The molecule has 0 bridgehead atoms. The largest absolute Gasteiger partial charge is 0.160 e. The smallest absolute Gasteiger partial charge is 0.108 e. The molecule has 0 saturated carbocycles. The van der Waals surface area contributed by atoms with Crippen LogP contribution in [0.15, 0.2) is 0 Å². The Morgan fingerprint density at radius 2 is 1.60 bits per heavy atom. The summed E-state index contributed by atoms with van der Waals surface area (Å²) in [7, 11) is 5.35. The summed E-state index contributed by atoms with van der Waals surface area (Å²) in [6.45, 7) is 2.79. The zero-order valence-electron chi connectivity index (χ0n) is 3.73. The lowest BCUT2D eigenvalue weighted by Gasteiger charge is -1.96. The van der Waals surface area contributed by atoms with E-state index in [2.05, 4.69) is 6.30 Å². The molecule has 0 atom stereocenters. The summed E-state index contributed by atoms with van der Waals surface area (Å²) in [6, 6.07) is 0. The highest BCUT2D eigenvalue weighted by Gasteiger charge is 1.79. The van der Waals surface area contributed by atoms with Crippen molar-refractivity contribution in [2.24, 2.45) is 0 Å².